The number of rotatable bonds is 6. The molecule has 0 spiro atoms. The number of benzene rings is 1. The summed E-state index contributed by atoms with van der Waals surface area (Å²) >= 11 is 0. The highest BCUT2D eigenvalue weighted by Gasteiger charge is 2.46. The van der Waals surface area contributed by atoms with Gasteiger partial charge in [-0.05, 0) is 42.7 Å². The Balaban J connectivity index is 1.44. The van der Waals surface area contributed by atoms with Crippen LogP contribution >= 0.6 is 0 Å². The van der Waals surface area contributed by atoms with E-state index in [2.05, 4.69) is 14.8 Å². The van der Waals surface area contributed by atoms with Crippen LogP contribution in [-0.4, -0.2) is 72.6 Å². The quantitative estimate of drug-likeness (QED) is 0.679. The van der Waals surface area contributed by atoms with Crippen LogP contribution in [0, 0.1) is 5.82 Å². The lowest BCUT2D eigenvalue weighted by molar-refractivity contribution is -0.0340. The Bertz CT molecular complexity index is 863. The molecule has 0 radical (unpaired) electrons. The minimum Gasteiger partial charge on any atom is -0.494 e. The fourth-order valence-electron chi connectivity index (χ4n) is 4.53. The van der Waals surface area contributed by atoms with Crippen molar-refractivity contribution < 1.29 is 18.7 Å². The molecule has 0 unspecified atom stereocenters. The first kappa shape index (κ1) is 20.9. The average Bonchev–Trinajstić information content (AvgIpc) is 2.80. The number of hydrogen-bond acceptors (Lipinski definition) is 6. The summed E-state index contributed by atoms with van der Waals surface area (Å²) in [4.78, 5) is 22.4. The van der Waals surface area contributed by atoms with Crippen LogP contribution in [0.5, 0.6) is 5.75 Å². The Labute approximate surface area is 176 Å². The van der Waals surface area contributed by atoms with Crippen LogP contribution in [0.15, 0.2) is 42.6 Å². The van der Waals surface area contributed by atoms with Crippen molar-refractivity contribution in [1.82, 2.24) is 14.8 Å². The standard InChI is InChI=1S/C23H28FN3O3/c1-29-21-6-5-18(16-19(21)24)17-26-10-12-27(13-11-26)23(7-14-30-15-8-23)22(28)20-4-2-3-9-25-20/h2-6,9,16H,7-8,10-15,17H2,1H3. The average molecular weight is 413 g/mol. The van der Waals surface area contributed by atoms with Gasteiger partial charge in [0, 0.05) is 52.1 Å². The van der Waals surface area contributed by atoms with Crippen LogP contribution in [-0.2, 0) is 11.3 Å². The van der Waals surface area contributed by atoms with Gasteiger partial charge >= 0.3 is 0 Å². The molecule has 1 aromatic carbocycles. The van der Waals surface area contributed by atoms with Crippen LogP contribution in [0.2, 0.25) is 0 Å². The zero-order chi connectivity index (χ0) is 21.0. The van der Waals surface area contributed by atoms with Crippen molar-refractivity contribution in [1.29, 1.82) is 0 Å². The van der Waals surface area contributed by atoms with E-state index in [0.717, 1.165) is 31.7 Å². The first-order valence-corrected chi connectivity index (χ1v) is 10.5. The number of methoxy groups -OCH3 is 1. The number of carbonyl (C=O) groups is 1. The first-order chi connectivity index (χ1) is 14.6. The van der Waals surface area contributed by atoms with Crippen LogP contribution < -0.4 is 4.74 Å². The van der Waals surface area contributed by atoms with Gasteiger partial charge in [0.2, 0.25) is 5.78 Å². The molecule has 0 atom stereocenters. The van der Waals surface area contributed by atoms with Crippen LogP contribution in [0.4, 0.5) is 4.39 Å². The molecule has 7 heteroatoms. The summed E-state index contributed by atoms with van der Waals surface area (Å²) in [6, 6.07) is 10.6. The number of hydrogen-bond donors (Lipinski definition) is 0. The molecule has 2 aliphatic rings. The number of ketones is 1. The van der Waals surface area contributed by atoms with Crippen molar-refractivity contribution in [3.63, 3.8) is 0 Å². The second kappa shape index (κ2) is 9.20. The number of pyridine rings is 1. The van der Waals surface area contributed by atoms with E-state index in [1.807, 2.05) is 18.2 Å². The van der Waals surface area contributed by atoms with Crippen LogP contribution in [0.25, 0.3) is 0 Å². The van der Waals surface area contributed by atoms with Crippen LogP contribution in [0.3, 0.4) is 0 Å². The molecule has 0 bridgehead atoms. The Hall–Kier alpha value is -2.35. The van der Waals surface area contributed by atoms with Gasteiger partial charge in [0.15, 0.2) is 11.6 Å². The third-order valence-corrected chi connectivity index (χ3v) is 6.24. The Morgan fingerprint density at radius 3 is 2.57 bits per heavy atom. The van der Waals surface area contributed by atoms with Gasteiger partial charge in [-0.1, -0.05) is 12.1 Å². The molecule has 2 saturated heterocycles. The number of aromatic nitrogens is 1. The second-order valence-electron chi connectivity index (χ2n) is 7.92. The first-order valence-electron chi connectivity index (χ1n) is 10.5. The fourth-order valence-corrected chi connectivity index (χ4v) is 4.53. The minimum absolute atomic E-state index is 0.0945. The van der Waals surface area contributed by atoms with Crippen molar-refractivity contribution in [2.45, 2.75) is 24.9 Å². The molecule has 0 saturated carbocycles. The predicted octanol–water partition coefficient (Wildman–Crippen LogP) is 2.78. The van der Waals surface area contributed by atoms with Gasteiger partial charge in [-0.2, -0.15) is 0 Å². The third kappa shape index (κ3) is 4.24. The highest BCUT2D eigenvalue weighted by Crippen LogP contribution is 2.32. The summed E-state index contributed by atoms with van der Waals surface area (Å²) in [6.45, 7) is 5.08. The third-order valence-electron chi connectivity index (χ3n) is 6.24. The number of halogens is 1. The lowest BCUT2D eigenvalue weighted by Crippen LogP contribution is -2.62. The predicted molar refractivity (Wildman–Crippen MR) is 111 cm³/mol. The zero-order valence-electron chi connectivity index (χ0n) is 17.3. The van der Waals surface area contributed by atoms with Gasteiger partial charge in [0.05, 0.1) is 12.6 Å². The van der Waals surface area contributed by atoms with Crippen molar-refractivity contribution >= 4 is 5.78 Å². The summed E-state index contributed by atoms with van der Waals surface area (Å²) in [7, 11) is 1.47. The number of ether oxygens (including phenoxy) is 2. The molecule has 2 aliphatic heterocycles. The summed E-state index contributed by atoms with van der Waals surface area (Å²) < 4.78 is 24.6. The summed E-state index contributed by atoms with van der Waals surface area (Å²) in [6.07, 6.45) is 3.05. The summed E-state index contributed by atoms with van der Waals surface area (Å²) in [5, 5.41) is 0. The smallest absolute Gasteiger partial charge is 0.201 e. The molecular formula is C23H28FN3O3. The van der Waals surface area contributed by atoms with Gasteiger partial charge in [0.25, 0.3) is 0 Å². The molecule has 2 aromatic rings. The number of piperazine rings is 1. The molecule has 30 heavy (non-hydrogen) atoms. The van der Waals surface area contributed by atoms with Crippen LogP contribution in [0.1, 0.15) is 28.9 Å². The molecule has 160 valence electrons. The number of carbonyl (C=O) groups excluding carboxylic acids is 1. The summed E-state index contributed by atoms with van der Waals surface area (Å²) in [5.74, 6) is 0.0193. The Kier molecular flexibility index (Phi) is 6.41. The van der Waals surface area contributed by atoms with Crippen molar-refractivity contribution in [2.24, 2.45) is 0 Å². The van der Waals surface area contributed by atoms with Gasteiger partial charge in [-0.3, -0.25) is 19.6 Å². The molecule has 0 amide bonds. The molecule has 4 rings (SSSR count). The maximum absolute atomic E-state index is 14.0. The zero-order valence-corrected chi connectivity index (χ0v) is 17.3. The number of nitrogens with zero attached hydrogens (tertiary/aromatic N) is 3. The normalized spacial score (nSPS) is 20.1. The van der Waals surface area contributed by atoms with E-state index >= 15 is 0 Å². The van der Waals surface area contributed by atoms with E-state index in [-0.39, 0.29) is 17.3 Å². The van der Waals surface area contributed by atoms with Crippen molar-refractivity contribution in [3.8, 4) is 5.75 Å². The molecule has 0 N–H and O–H groups in total. The second-order valence-corrected chi connectivity index (χ2v) is 7.92. The largest absolute Gasteiger partial charge is 0.494 e. The van der Waals surface area contributed by atoms with Gasteiger partial charge in [-0.25, -0.2) is 4.39 Å². The number of Topliss-reactive ketones (excluding diaryl/α,β-unsaturated/α-hetero) is 1. The van der Waals surface area contributed by atoms with E-state index in [1.165, 1.54) is 13.2 Å². The highest BCUT2D eigenvalue weighted by molar-refractivity contribution is 6.01. The molecule has 2 fully saturated rings. The monoisotopic (exact) mass is 413 g/mol. The Morgan fingerprint density at radius 2 is 1.93 bits per heavy atom. The molecule has 3 heterocycles. The van der Waals surface area contributed by atoms with Gasteiger partial charge < -0.3 is 9.47 Å². The van der Waals surface area contributed by atoms with Crippen molar-refractivity contribution in [3.05, 3.63) is 59.7 Å². The molecule has 0 aliphatic carbocycles. The fraction of sp³-hybridized carbons (Fsp3) is 0.478. The topological polar surface area (TPSA) is 54.9 Å². The molecule has 6 nitrogen and oxygen atoms in total. The van der Waals surface area contributed by atoms with Crippen molar-refractivity contribution in [2.75, 3.05) is 46.5 Å². The lowest BCUT2D eigenvalue weighted by atomic mass is 9.81. The lowest BCUT2D eigenvalue weighted by Gasteiger charge is -2.48. The molecule has 1 aromatic heterocycles. The minimum atomic E-state index is -0.551. The highest BCUT2D eigenvalue weighted by atomic mass is 19.1. The summed E-state index contributed by atoms with van der Waals surface area (Å²) in [5.41, 5.74) is 0.896. The Morgan fingerprint density at radius 1 is 1.17 bits per heavy atom. The van der Waals surface area contributed by atoms with Gasteiger partial charge in [-0.15, -0.1) is 0 Å². The van der Waals surface area contributed by atoms with E-state index in [9.17, 15) is 9.18 Å². The van der Waals surface area contributed by atoms with E-state index in [4.69, 9.17) is 9.47 Å². The molecular weight excluding hydrogens is 385 g/mol. The SMILES string of the molecule is COc1ccc(CN2CCN(C3(C(=O)c4ccccn4)CCOCC3)CC2)cc1F. The maximum atomic E-state index is 14.0. The maximum Gasteiger partial charge on any atom is 0.201 e. The van der Waals surface area contributed by atoms with Gasteiger partial charge in [0.1, 0.15) is 5.69 Å². The van der Waals surface area contributed by atoms with E-state index in [1.54, 1.807) is 18.3 Å². The van der Waals surface area contributed by atoms with E-state index < -0.39 is 5.54 Å². The van der Waals surface area contributed by atoms with E-state index in [0.29, 0.717) is 38.3 Å².